The van der Waals surface area contributed by atoms with Crippen LogP contribution >= 0.6 is 0 Å². The van der Waals surface area contributed by atoms with Gasteiger partial charge in [0.1, 0.15) is 0 Å². The molecular weight excluding hydrogens is 156 g/mol. The van der Waals surface area contributed by atoms with Gasteiger partial charge in [-0.05, 0) is 6.42 Å². The van der Waals surface area contributed by atoms with Crippen molar-refractivity contribution in [1.82, 2.24) is 0 Å². The maximum atomic E-state index is 10.8. The van der Waals surface area contributed by atoms with Gasteiger partial charge in [-0.15, -0.1) is 6.58 Å². The van der Waals surface area contributed by atoms with Crippen molar-refractivity contribution in [2.75, 3.05) is 13.2 Å². The zero-order chi connectivity index (χ0) is 8.81. The van der Waals surface area contributed by atoms with Gasteiger partial charge in [0.25, 0.3) is 0 Å². The fourth-order valence-electron chi connectivity index (χ4n) is 1.17. The molecule has 1 aliphatic rings. The molecule has 0 aliphatic carbocycles. The van der Waals surface area contributed by atoms with Crippen LogP contribution in [-0.4, -0.2) is 25.3 Å². The number of hydrogen-bond acceptors (Lipinski definition) is 3. The van der Waals surface area contributed by atoms with Gasteiger partial charge in [-0.1, -0.05) is 6.08 Å². The number of esters is 1. The SMILES string of the molecule is C=CCOC1CCOC(=O)CC1. The van der Waals surface area contributed by atoms with Gasteiger partial charge in [-0.3, -0.25) is 4.79 Å². The average Bonchev–Trinajstić information content (AvgIpc) is 2.27. The Balaban J connectivity index is 2.25. The van der Waals surface area contributed by atoms with Gasteiger partial charge in [-0.2, -0.15) is 0 Å². The number of rotatable bonds is 3. The van der Waals surface area contributed by atoms with Crippen LogP contribution in [0.4, 0.5) is 0 Å². The van der Waals surface area contributed by atoms with Crippen molar-refractivity contribution in [2.24, 2.45) is 0 Å². The van der Waals surface area contributed by atoms with Crippen molar-refractivity contribution in [1.29, 1.82) is 0 Å². The predicted octanol–water partition coefficient (Wildman–Crippen LogP) is 1.28. The summed E-state index contributed by atoms with van der Waals surface area (Å²) in [6.07, 6.45) is 3.93. The fourth-order valence-corrected chi connectivity index (χ4v) is 1.17. The third kappa shape index (κ3) is 3.05. The summed E-state index contributed by atoms with van der Waals surface area (Å²) in [5.74, 6) is -0.111. The molecule has 68 valence electrons. The summed E-state index contributed by atoms with van der Waals surface area (Å²) in [5.41, 5.74) is 0. The first-order valence-electron chi connectivity index (χ1n) is 4.21. The van der Waals surface area contributed by atoms with Crippen molar-refractivity contribution in [3.63, 3.8) is 0 Å². The summed E-state index contributed by atoms with van der Waals surface area (Å²) < 4.78 is 10.3. The van der Waals surface area contributed by atoms with Crippen molar-refractivity contribution < 1.29 is 14.3 Å². The Morgan fingerprint density at radius 1 is 1.67 bits per heavy atom. The highest BCUT2D eigenvalue weighted by Crippen LogP contribution is 2.12. The molecule has 0 aromatic rings. The number of ether oxygens (including phenoxy) is 2. The zero-order valence-corrected chi connectivity index (χ0v) is 7.12. The molecule has 1 rings (SSSR count). The fraction of sp³-hybridized carbons (Fsp3) is 0.667. The second-order valence-corrected chi connectivity index (χ2v) is 2.79. The predicted molar refractivity (Wildman–Crippen MR) is 44.7 cm³/mol. The molecule has 0 aromatic heterocycles. The van der Waals surface area contributed by atoms with E-state index in [1.54, 1.807) is 6.08 Å². The topological polar surface area (TPSA) is 35.5 Å². The molecule has 0 amide bonds. The Hall–Kier alpha value is -0.830. The van der Waals surface area contributed by atoms with E-state index in [0.29, 0.717) is 19.6 Å². The normalized spacial score (nSPS) is 24.3. The number of carbonyl (C=O) groups excluding carboxylic acids is 1. The third-order valence-corrected chi connectivity index (χ3v) is 1.82. The Kier molecular flexibility index (Phi) is 3.80. The van der Waals surface area contributed by atoms with E-state index in [9.17, 15) is 4.79 Å². The van der Waals surface area contributed by atoms with E-state index in [1.165, 1.54) is 0 Å². The van der Waals surface area contributed by atoms with E-state index >= 15 is 0 Å². The molecule has 12 heavy (non-hydrogen) atoms. The third-order valence-electron chi connectivity index (χ3n) is 1.82. The lowest BCUT2D eigenvalue weighted by molar-refractivity contribution is -0.142. The van der Waals surface area contributed by atoms with Crippen LogP contribution in [0.1, 0.15) is 19.3 Å². The van der Waals surface area contributed by atoms with Crippen LogP contribution in [0.15, 0.2) is 12.7 Å². The standard InChI is InChI=1S/C9H14O3/c1-2-6-11-8-3-4-9(10)12-7-5-8/h2,8H,1,3-7H2. The first-order valence-corrected chi connectivity index (χ1v) is 4.21. The molecule has 3 heteroatoms. The van der Waals surface area contributed by atoms with E-state index in [4.69, 9.17) is 9.47 Å². The largest absolute Gasteiger partial charge is 0.466 e. The molecular formula is C9H14O3. The highest BCUT2D eigenvalue weighted by atomic mass is 16.5. The van der Waals surface area contributed by atoms with Gasteiger partial charge in [0.05, 0.1) is 19.3 Å². The summed E-state index contributed by atoms with van der Waals surface area (Å²) in [6, 6.07) is 0. The summed E-state index contributed by atoms with van der Waals surface area (Å²) >= 11 is 0. The van der Waals surface area contributed by atoms with E-state index < -0.39 is 0 Å². The van der Waals surface area contributed by atoms with Crippen molar-refractivity contribution in [2.45, 2.75) is 25.4 Å². The van der Waals surface area contributed by atoms with E-state index in [-0.39, 0.29) is 12.1 Å². The molecule has 1 fully saturated rings. The van der Waals surface area contributed by atoms with Gasteiger partial charge in [0.2, 0.25) is 0 Å². The van der Waals surface area contributed by atoms with Crippen molar-refractivity contribution >= 4 is 5.97 Å². The molecule has 3 nitrogen and oxygen atoms in total. The van der Waals surface area contributed by atoms with Crippen LogP contribution < -0.4 is 0 Å². The van der Waals surface area contributed by atoms with Crippen molar-refractivity contribution in [3.05, 3.63) is 12.7 Å². The molecule has 1 saturated heterocycles. The summed E-state index contributed by atoms with van der Waals surface area (Å²) in [5, 5.41) is 0. The van der Waals surface area contributed by atoms with Gasteiger partial charge >= 0.3 is 5.97 Å². The lowest BCUT2D eigenvalue weighted by Crippen LogP contribution is -2.12. The van der Waals surface area contributed by atoms with E-state index in [0.717, 1.165) is 12.8 Å². The zero-order valence-electron chi connectivity index (χ0n) is 7.12. The Bertz CT molecular complexity index is 165. The first-order chi connectivity index (χ1) is 5.83. The lowest BCUT2D eigenvalue weighted by Gasteiger charge is -2.11. The molecule has 0 N–H and O–H groups in total. The number of hydrogen-bond donors (Lipinski definition) is 0. The van der Waals surface area contributed by atoms with Gasteiger partial charge < -0.3 is 9.47 Å². The Labute approximate surface area is 72.4 Å². The molecule has 1 unspecified atom stereocenters. The molecule has 1 aliphatic heterocycles. The van der Waals surface area contributed by atoms with Crippen LogP contribution in [0, 0.1) is 0 Å². The molecule has 0 spiro atoms. The smallest absolute Gasteiger partial charge is 0.305 e. The van der Waals surface area contributed by atoms with Gasteiger partial charge in [-0.25, -0.2) is 0 Å². The highest BCUT2D eigenvalue weighted by molar-refractivity contribution is 5.69. The van der Waals surface area contributed by atoms with Gasteiger partial charge in [0, 0.05) is 12.8 Å². The van der Waals surface area contributed by atoms with E-state index in [1.807, 2.05) is 0 Å². The Morgan fingerprint density at radius 2 is 2.50 bits per heavy atom. The van der Waals surface area contributed by atoms with Crippen LogP contribution in [0.25, 0.3) is 0 Å². The minimum Gasteiger partial charge on any atom is -0.466 e. The van der Waals surface area contributed by atoms with Crippen LogP contribution in [0.2, 0.25) is 0 Å². The number of carbonyl (C=O) groups is 1. The summed E-state index contributed by atoms with van der Waals surface area (Å²) in [4.78, 5) is 10.8. The molecule has 0 aromatic carbocycles. The second kappa shape index (κ2) is 4.93. The number of cyclic esters (lactones) is 1. The van der Waals surface area contributed by atoms with Crippen LogP contribution in [-0.2, 0) is 14.3 Å². The first kappa shape index (κ1) is 9.26. The van der Waals surface area contributed by atoms with Gasteiger partial charge in [0.15, 0.2) is 0 Å². The summed E-state index contributed by atoms with van der Waals surface area (Å²) in [6.45, 7) is 4.60. The average molecular weight is 170 g/mol. The maximum Gasteiger partial charge on any atom is 0.305 e. The van der Waals surface area contributed by atoms with E-state index in [2.05, 4.69) is 6.58 Å². The molecule has 0 radical (unpaired) electrons. The molecule has 0 saturated carbocycles. The molecule has 1 heterocycles. The Morgan fingerprint density at radius 3 is 3.25 bits per heavy atom. The minimum atomic E-state index is -0.111. The second-order valence-electron chi connectivity index (χ2n) is 2.79. The summed E-state index contributed by atoms with van der Waals surface area (Å²) in [7, 11) is 0. The lowest BCUT2D eigenvalue weighted by atomic mass is 10.1. The highest BCUT2D eigenvalue weighted by Gasteiger charge is 2.16. The van der Waals surface area contributed by atoms with Crippen molar-refractivity contribution in [3.8, 4) is 0 Å². The molecule has 1 atom stereocenters. The monoisotopic (exact) mass is 170 g/mol. The minimum absolute atomic E-state index is 0.111. The maximum absolute atomic E-state index is 10.8. The quantitative estimate of drug-likeness (QED) is 0.473. The van der Waals surface area contributed by atoms with Crippen LogP contribution in [0.5, 0.6) is 0 Å². The van der Waals surface area contributed by atoms with Crippen LogP contribution in [0.3, 0.4) is 0 Å². The molecule has 0 bridgehead atoms.